The fourth-order valence-electron chi connectivity index (χ4n) is 5.54. The Hall–Kier alpha value is -4.97. The van der Waals surface area contributed by atoms with Crippen LogP contribution in [0.4, 0.5) is 0 Å². The number of methoxy groups -OCH3 is 3. The lowest BCUT2D eigenvalue weighted by molar-refractivity contribution is -0.185. The maximum absolute atomic E-state index is 13.6. The van der Waals surface area contributed by atoms with Gasteiger partial charge in [0.2, 0.25) is 12.5 Å². The Bertz CT molecular complexity index is 1700. The quantitative estimate of drug-likeness (QED) is 0.0974. The van der Waals surface area contributed by atoms with E-state index in [1.165, 1.54) is 14.2 Å². The van der Waals surface area contributed by atoms with E-state index in [9.17, 15) is 9.90 Å². The molecule has 0 radical (unpaired) electrons. The zero-order valence-corrected chi connectivity index (χ0v) is 28.9. The first kappa shape index (κ1) is 37.3. The van der Waals surface area contributed by atoms with Gasteiger partial charge in [-0.15, -0.1) is 6.42 Å². The predicted molar refractivity (Wildman–Crippen MR) is 183 cm³/mol. The summed E-state index contributed by atoms with van der Waals surface area (Å²) in [6.07, 6.45) is 5.20. The Morgan fingerprint density at radius 2 is 1.41 bits per heavy atom. The standard InChI is InChI=1S/C38H42O13/c1-5-12-44-13-14-45-15-16-46-17-18-47-19-20-48-34-23-26(22-33(42-3)36(34)43-4)21-30-35(27-6-11-31-32(24-27)50-25-49-31)37(39)51-38(30,40)28-7-9-29(41-2)10-8-28/h1,6-11,22-24,40H,12-21,25H2,2-4H3. The molecule has 3 aromatic carbocycles. The van der Waals surface area contributed by atoms with Gasteiger partial charge in [0.25, 0.3) is 5.79 Å². The van der Waals surface area contributed by atoms with Crippen molar-refractivity contribution in [2.24, 2.45) is 0 Å². The summed E-state index contributed by atoms with van der Waals surface area (Å²) in [6, 6.07) is 15.3. The lowest BCUT2D eigenvalue weighted by Crippen LogP contribution is -2.29. The summed E-state index contributed by atoms with van der Waals surface area (Å²) in [5.74, 6) is 2.38. The van der Waals surface area contributed by atoms with Gasteiger partial charge in [-0.25, -0.2) is 4.79 Å². The second-order valence-corrected chi connectivity index (χ2v) is 11.1. The van der Waals surface area contributed by atoms with E-state index in [0.717, 1.165) is 0 Å². The molecule has 0 aliphatic carbocycles. The lowest BCUT2D eigenvalue weighted by Gasteiger charge is -2.26. The molecule has 0 fully saturated rings. The first-order chi connectivity index (χ1) is 24.9. The number of hydrogen-bond donors (Lipinski definition) is 1. The number of aliphatic hydroxyl groups is 1. The van der Waals surface area contributed by atoms with Gasteiger partial charge in [-0.2, -0.15) is 0 Å². The van der Waals surface area contributed by atoms with Gasteiger partial charge in [-0.1, -0.05) is 12.0 Å². The van der Waals surface area contributed by atoms with E-state index >= 15 is 0 Å². The van der Waals surface area contributed by atoms with Gasteiger partial charge in [0.1, 0.15) is 19.0 Å². The highest BCUT2D eigenvalue weighted by atomic mass is 16.7. The minimum absolute atomic E-state index is 0.0686. The minimum Gasteiger partial charge on any atom is -0.497 e. The van der Waals surface area contributed by atoms with Crippen LogP contribution in [-0.2, 0) is 40.7 Å². The molecule has 3 aromatic rings. The molecular weight excluding hydrogens is 664 g/mol. The van der Waals surface area contributed by atoms with Crippen molar-refractivity contribution in [3.63, 3.8) is 0 Å². The second-order valence-electron chi connectivity index (χ2n) is 11.1. The topological polar surface area (TPSA) is 139 Å². The summed E-state index contributed by atoms with van der Waals surface area (Å²) in [6.45, 7) is 3.32. The fourth-order valence-corrected chi connectivity index (χ4v) is 5.54. The van der Waals surface area contributed by atoms with E-state index in [4.69, 9.17) is 58.5 Å². The van der Waals surface area contributed by atoms with Crippen LogP contribution in [0, 0.1) is 12.3 Å². The van der Waals surface area contributed by atoms with E-state index in [-0.39, 0.29) is 38.6 Å². The lowest BCUT2D eigenvalue weighted by atomic mass is 9.88. The van der Waals surface area contributed by atoms with Crippen LogP contribution in [0.5, 0.6) is 34.5 Å². The molecule has 13 heteroatoms. The summed E-state index contributed by atoms with van der Waals surface area (Å²) in [5.41, 5.74) is 2.00. The highest BCUT2D eigenvalue weighted by Gasteiger charge is 2.48. The van der Waals surface area contributed by atoms with Crippen LogP contribution in [0.25, 0.3) is 5.57 Å². The van der Waals surface area contributed by atoms with Gasteiger partial charge in [0.05, 0.1) is 73.2 Å². The molecule has 2 aliphatic heterocycles. The number of ether oxygens (including phenoxy) is 11. The fraction of sp³-hybridized carbons (Fsp3) is 0.395. The number of terminal acetylenes is 1. The molecule has 1 unspecified atom stereocenters. The van der Waals surface area contributed by atoms with Crippen LogP contribution < -0.4 is 28.4 Å². The normalized spacial score (nSPS) is 16.2. The molecule has 1 N–H and O–H groups in total. The average Bonchev–Trinajstić information content (AvgIpc) is 3.72. The summed E-state index contributed by atoms with van der Waals surface area (Å²) >= 11 is 0. The Morgan fingerprint density at radius 3 is 2.06 bits per heavy atom. The first-order valence-corrected chi connectivity index (χ1v) is 16.3. The molecule has 5 rings (SSSR count). The number of carbonyl (C=O) groups is 1. The van der Waals surface area contributed by atoms with E-state index in [0.29, 0.717) is 96.4 Å². The number of cyclic esters (lactones) is 1. The van der Waals surface area contributed by atoms with Gasteiger partial charge in [0, 0.05) is 17.6 Å². The largest absolute Gasteiger partial charge is 0.497 e. The highest BCUT2D eigenvalue weighted by Crippen LogP contribution is 2.48. The molecule has 0 spiro atoms. The molecule has 13 nitrogen and oxygen atoms in total. The molecule has 0 amide bonds. The van der Waals surface area contributed by atoms with E-state index in [1.807, 2.05) is 0 Å². The molecular formula is C38H42O13. The number of hydrogen-bond acceptors (Lipinski definition) is 13. The van der Waals surface area contributed by atoms with Crippen molar-refractivity contribution in [3.8, 4) is 46.8 Å². The van der Waals surface area contributed by atoms with Gasteiger partial charge in [0.15, 0.2) is 23.0 Å². The summed E-state index contributed by atoms with van der Waals surface area (Å²) < 4.78 is 61.2. The van der Waals surface area contributed by atoms with E-state index in [1.54, 1.807) is 61.7 Å². The van der Waals surface area contributed by atoms with Crippen LogP contribution in [0.3, 0.4) is 0 Å². The maximum Gasteiger partial charge on any atom is 0.342 e. The summed E-state index contributed by atoms with van der Waals surface area (Å²) in [4.78, 5) is 13.6. The zero-order chi connectivity index (χ0) is 36.1. The Morgan fingerprint density at radius 1 is 0.765 bits per heavy atom. The predicted octanol–water partition coefficient (Wildman–Crippen LogP) is 3.92. The summed E-state index contributed by atoms with van der Waals surface area (Å²) in [7, 11) is 4.57. The average molecular weight is 707 g/mol. The molecule has 272 valence electrons. The monoisotopic (exact) mass is 706 g/mol. The van der Waals surface area contributed by atoms with Crippen LogP contribution in [-0.4, -0.2) is 98.7 Å². The van der Waals surface area contributed by atoms with Crippen molar-refractivity contribution < 1.29 is 62.0 Å². The van der Waals surface area contributed by atoms with Gasteiger partial charge >= 0.3 is 5.97 Å². The zero-order valence-electron chi connectivity index (χ0n) is 28.9. The van der Waals surface area contributed by atoms with Crippen molar-refractivity contribution in [3.05, 3.63) is 76.9 Å². The highest BCUT2D eigenvalue weighted by molar-refractivity contribution is 6.20. The van der Waals surface area contributed by atoms with Gasteiger partial charge < -0.3 is 57.2 Å². The van der Waals surface area contributed by atoms with E-state index in [2.05, 4.69) is 5.92 Å². The molecule has 2 heterocycles. The SMILES string of the molecule is C#CCOCCOCCOCCOCCOc1cc(CC2=C(c3ccc4c(c3)OCO4)C(=O)OC2(O)c2ccc(OC)cc2)cc(OC)c1OC. The van der Waals surface area contributed by atoms with E-state index < -0.39 is 11.8 Å². The van der Waals surface area contributed by atoms with Crippen LogP contribution in [0.15, 0.2) is 60.2 Å². The van der Waals surface area contributed by atoms with Crippen molar-refractivity contribution in [2.75, 3.05) is 87.6 Å². The number of carbonyl (C=O) groups excluding carboxylic acids is 1. The second kappa shape index (κ2) is 18.3. The summed E-state index contributed by atoms with van der Waals surface area (Å²) in [5, 5.41) is 12.2. The van der Waals surface area contributed by atoms with Gasteiger partial charge in [-0.05, 0) is 59.7 Å². The Balaban J connectivity index is 1.30. The molecule has 0 saturated heterocycles. The van der Waals surface area contributed by atoms with Crippen molar-refractivity contribution in [2.45, 2.75) is 12.2 Å². The maximum atomic E-state index is 13.6. The third kappa shape index (κ3) is 9.23. The van der Waals surface area contributed by atoms with Crippen molar-refractivity contribution in [1.29, 1.82) is 0 Å². The van der Waals surface area contributed by atoms with Crippen LogP contribution in [0.1, 0.15) is 16.7 Å². The molecule has 0 aromatic heterocycles. The number of esters is 1. The van der Waals surface area contributed by atoms with Crippen molar-refractivity contribution >= 4 is 11.5 Å². The molecule has 0 bridgehead atoms. The molecule has 2 aliphatic rings. The third-order valence-electron chi connectivity index (χ3n) is 7.97. The molecule has 0 saturated carbocycles. The third-order valence-corrected chi connectivity index (χ3v) is 7.97. The van der Waals surface area contributed by atoms with Crippen LogP contribution in [0.2, 0.25) is 0 Å². The smallest absolute Gasteiger partial charge is 0.342 e. The Labute approximate surface area is 296 Å². The van der Waals surface area contributed by atoms with Gasteiger partial charge in [-0.3, -0.25) is 0 Å². The first-order valence-electron chi connectivity index (χ1n) is 16.3. The van der Waals surface area contributed by atoms with Crippen molar-refractivity contribution in [1.82, 2.24) is 0 Å². The number of rotatable bonds is 21. The molecule has 1 atom stereocenters. The number of fused-ring (bicyclic) bond motifs is 1. The molecule has 51 heavy (non-hydrogen) atoms. The Kier molecular flexibility index (Phi) is 13.4. The van der Waals surface area contributed by atoms with Crippen LogP contribution >= 0.6 is 0 Å². The minimum atomic E-state index is -2.10. The number of benzene rings is 3.